The summed E-state index contributed by atoms with van der Waals surface area (Å²) in [6, 6.07) is 2.13. The quantitative estimate of drug-likeness (QED) is 0.721. The second-order valence-corrected chi connectivity index (χ2v) is 3.70. The first-order valence-corrected chi connectivity index (χ1v) is 5.24. The summed E-state index contributed by atoms with van der Waals surface area (Å²) in [4.78, 5) is 6.60. The zero-order valence-electron chi connectivity index (χ0n) is 8.66. The average molecular weight is 191 g/mol. The predicted molar refractivity (Wildman–Crippen MR) is 58.7 cm³/mol. The van der Waals surface area contributed by atoms with Crippen molar-refractivity contribution in [2.24, 2.45) is 0 Å². The number of nitrogens with zero attached hydrogens (tertiary/aromatic N) is 2. The SMILES string of the molecule is CNCCCN1CCc2cnccc21. The Hall–Kier alpha value is -1.09. The van der Waals surface area contributed by atoms with Crippen LogP contribution in [0, 0.1) is 0 Å². The Morgan fingerprint density at radius 2 is 2.50 bits per heavy atom. The van der Waals surface area contributed by atoms with Crippen LogP contribution < -0.4 is 10.2 Å². The second-order valence-electron chi connectivity index (χ2n) is 3.70. The van der Waals surface area contributed by atoms with Crippen molar-refractivity contribution in [1.82, 2.24) is 10.3 Å². The van der Waals surface area contributed by atoms with Gasteiger partial charge in [-0.25, -0.2) is 0 Å². The Labute approximate surface area is 85.1 Å². The van der Waals surface area contributed by atoms with E-state index in [2.05, 4.69) is 21.3 Å². The fourth-order valence-electron chi connectivity index (χ4n) is 1.98. The minimum Gasteiger partial charge on any atom is -0.371 e. The highest BCUT2D eigenvalue weighted by Gasteiger charge is 2.17. The number of fused-ring (bicyclic) bond motifs is 1. The molecule has 0 unspecified atom stereocenters. The molecule has 0 aliphatic carbocycles. The zero-order valence-corrected chi connectivity index (χ0v) is 8.66. The Morgan fingerprint density at radius 3 is 3.36 bits per heavy atom. The molecule has 1 N–H and O–H groups in total. The Kier molecular flexibility index (Phi) is 2.99. The topological polar surface area (TPSA) is 28.2 Å². The molecule has 0 spiro atoms. The summed E-state index contributed by atoms with van der Waals surface area (Å²) in [6.45, 7) is 3.40. The predicted octanol–water partition coefficient (Wildman–Crippen LogP) is 1.05. The van der Waals surface area contributed by atoms with Gasteiger partial charge in [0.2, 0.25) is 0 Å². The van der Waals surface area contributed by atoms with Crippen LogP contribution in [0.2, 0.25) is 0 Å². The van der Waals surface area contributed by atoms with E-state index in [9.17, 15) is 0 Å². The number of anilines is 1. The largest absolute Gasteiger partial charge is 0.371 e. The van der Waals surface area contributed by atoms with Crippen molar-refractivity contribution >= 4 is 5.69 Å². The van der Waals surface area contributed by atoms with Crippen LogP contribution >= 0.6 is 0 Å². The molecular formula is C11H17N3. The van der Waals surface area contributed by atoms with Crippen LogP contribution in [0.5, 0.6) is 0 Å². The molecular weight excluding hydrogens is 174 g/mol. The van der Waals surface area contributed by atoms with Gasteiger partial charge in [-0.05, 0) is 38.1 Å². The van der Waals surface area contributed by atoms with Crippen molar-refractivity contribution in [1.29, 1.82) is 0 Å². The summed E-state index contributed by atoms with van der Waals surface area (Å²) in [7, 11) is 2.00. The number of aromatic nitrogens is 1. The molecule has 1 aliphatic rings. The number of nitrogens with one attached hydrogen (secondary N) is 1. The lowest BCUT2D eigenvalue weighted by molar-refractivity contribution is 0.696. The third-order valence-electron chi connectivity index (χ3n) is 2.72. The van der Waals surface area contributed by atoms with E-state index in [4.69, 9.17) is 0 Å². The van der Waals surface area contributed by atoms with E-state index in [1.807, 2.05) is 19.4 Å². The lowest BCUT2D eigenvalue weighted by Gasteiger charge is -2.18. The lowest BCUT2D eigenvalue weighted by Crippen LogP contribution is -2.24. The molecule has 1 aromatic heterocycles. The van der Waals surface area contributed by atoms with Gasteiger partial charge in [0.05, 0.1) is 0 Å². The maximum Gasteiger partial charge on any atom is 0.0430 e. The van der Waals surface area contributed by atoms with Gasteiger partial charge in [-0.1, -0.05) is 0 Å². The molecule has 0 aromatic carbocycles. The molecule has 0 saturated carbocycles. The molecule has 0 atom stereocenters. The van der Waals surface area contributed by atoms with Crippen LogP contribution in [-0.4, -0.2) is 31.7 Å². The van der Waals surface area contributed by atoms with E-state index >= 15 is 0 Å². The molecule has 1 aliphatic heterocycles. The fraction of sp³-hybridized carbons (Fsp3) is 0.545. The summed E-state index contributed by atoms with van der Waals surface area (Å²) in [6.07, 6.45) is 6.24. The molecule has 3 nitrogen and oxygen atoms in total. The van der Waals surface area contributed by atoms with Crippen LogP contribution in [0.1, 0.15) is 12.0 Å². The molecule has 0 amide bonds. The first-order valence-electron chi connectivity index (χ1n) is 5.24. The Bertz CT molecular complexity index is 298. The third-order valence-corrected chi connectivity index (χ3v) is 2.72. The minimum absolute atomic E-state index is 1.09. The van der Waals surface area contributed by atoms with E-state index < -0.39 is 0 Å². The second kappa shape index (κ2) is 4.42. The van der Waals surface area contributed by atoms with E-state index in [0.29, 0.717) is 0 Å². The molecule has 0 saturated heterocycles. The summed E-state index contributed by atoms with van der Waals surface area (Å²) >= 11 is 0. The summed E-state index contributed by atoms with van der Waals surface area (Å²) in [5, 5.41) is 3.18. The minimum atomic E-state index is 1.09. The molecule has 0 radical (unpaired) electrons. The Morgan fingerprint density at radius 1 is 1.57 bits per heavy atom. The van der Waals surface area contributed by atoms with Crippen molar-refractivity contribution in [2.45, 2.75) is 12.8 Å². The monoisotopic (exact) mass is 191 g/mol. The smallest absolute Gasteiger partial charge is 0.0430 e. The molecule has 2 heterocycles. The first-order chi connectivity index (χ1) is 6.92. The molecule has 3 heteroatoms. The Balaban J connectivity index is 1.96. The van der Waals surface area contributed by atoms with E-state index in [0.717, 1.165) is 26.1 Å². The van der Waals surface area contributed by atoms with Gasteiger partial charge in [-0.3, -0.25) is 4.98 Å². The fourth-order valence-corrected chi connectivity index (χ4v) is 1.98. The normalized spacial score (nSPS) is 14.5. The van der Waals surface area contributed by atoms with E-state index in [1.54, 1.807) is 0 Å². The van der Waals surface area contributed by atoms with Gasteiger partial charge < -0.3 is 10.2 Å². The van der Waals surface area contributed by atoms with Gasteiger partial charge >= 0.3 is 0 Å². The standard InChI is InChI=1S/C11H17N3/c1-12-5-2-7-14-8-4-10-9-13-6-3-11(10)14/h3,6,9,12H,2,4-5,7-8H2,1H3. The van der Waals surface area contributed by atoms with Gasteiger partial charge in [0.25, 0.3) is 0 Å². The van der Waals surface area contributed by atoms with Gasteiger partial charge in [-0.2, -0.15) is 0 Å². The highest BCUT2D eigenvalue weighted by molar-refractivity contribution is 5.56. The molecule has 0 fully saturated rings. The third kappa shape index (κ3) is 1.87. The molecule has 2 rings (SSSR count). The number of pyridine rings is 1. The number of hydrogen-bond donors (Lipinski definition) is 1. The highest BCUT2D eigenvalue weighted by atomic mass is 15.1. The average Bonchev–Trinajstić information content (AvgIpc) is 2.63. The summed E-state index contributed by atoms with van der Waals surface area (Å²) < 4.78 is 0. The molecule has 0 bridgehead atoms. The van der Waals surface area contributed by atoms with Crippen LogP contribution in [-0.2, 0) is 6.42 Å². The van der Waals surface area contributed by atoms with Crippen LogP contribution in [0.4, 0.5) is 5.69 Å². The van der Waals surface area contributed by atoms with Gasteiger partial charge in [0.1, 0.15) is 0 Å². The zero-order chi connectivity index (χ0) is 9.80. The highest BCUT2D eigenvalue weighted by Crippen LogP contribution is 2.26. The van der Waals surface area contributed by atoms with E-state index in [1.165, 1.54) is 17.7 Å². The lowest BCUT2D eigenvalue weighted by atomic mass is 10.2. The van der Waals surface area contributed by atoms with Gasteiger partial charge in [0.15, 0.2) is 0 Å². The van der Waals surface area contributed by atoms with Crippen molar-refractivity contribution in [3.63, 3.8) is 0 Å². The van der Waals surface area contributed by atoms with Crippen LogP contribution in [0.15, 0.2) is 18.5 Å². The van der Waals surface area contributed by atoms with Crippen LogP contribution in [0.3, 0.4) is 0 Å². The van der Waals surface area contributed by atoms with Gasteiger partial charge in [0, 0.05) is 31.2 Å². The molecule has 1 aromatic rings. The van der Waals surface area contributed by atoms with Gasteiger partial charge in [-0.15, -0.1) is 0 Å². The van der Waals surface area contributed by atoms with E-state index in [-0.39, 0.29) is 0 Å². The molecule has 76 valence electrons. The maximum absolute atomic E-state index is 4.15. The van der Waals surface area contributed by atoms with Crippen molar-refractivity contribution < 1.29 is 0 Å². The summed E-state index contributed by atoms with van der Waals surface area (Å²) in [5.41, 5.74) is 2.79. The van der Waals surface area contributed by atoms with Crippen molar-refractivity contribution in [2.75, 3.05) is 31.6 Å². The first kappa shape index (κ1) is 9.46. The molecule has 14 heavy (non-hydrogen) atoms. The number of hydrogen-bond acceptors (Lipinski definition) is 3. The maximum atomic E-state index is 4.15. The van der Waals surface area contributed by atoms with Crippen molar-refractivity contribution in [3.8, 4) is 0 Å². The number of rotatable bonds is 4. The van der Waals surface area contributed by atoms with Crippen LogP contribution in [0.25, 0.3) is 0 Å². The van der Waals surface area contributed by atoms with Crippen molar-refractivity contribution in [3.05, 3.63) is 24.0 Å². The summed E-state index contributed by atoms with van der Waals surface area (Å²) in [5.74, 6) is 0.